The second-order valence-corrected chi connectivity index (χ2v) is 7.45. The average molecular weight is 319 g/mol. The van der Waals surface area contributed by atoms with E-state index in [1.165, 1.54) is 11.1 Å². The number of halogens is 1. The van der Waals surface area contributed by atoms with E-state index in [1.807, 2.05) is 38.1 Å². The Hall–Kier alpha value is -1.41. The first-order chi connectivity index (χ1) is 10.3. The topological polar surface area (TPSA) is 29.5 Å². The van der Waals surface area contributed by atoms with Crippen molar-refractivity contribution in [3.05, 3.63) is 35.4 Å². The highest BCUT2D eigenvalue weighted by Gasteiger charge is 2.39. The Labute approximate surface area is 137 Å². The Balaban J connectivity index is 2.38. The zero-order valence-corrected chi connectivity index (χ0v) is 14.4. The van der Waals surface area contributed by atoms with E-state index < -0.39 is 0 Å². The fraction of sp³-hybridized carbons (Fsp3) is 0.474. The highest BCUT2D eigenvalue weighted by Crippen LogP contribution is 2.52. The van der Waals surface area contributed by atoms with Crippen molar-refractivity contribution >= 4 is 22.4 Å². The highest BCUT2D eigenvalue weighted by atomic mass is 35.5. The van der Waals surface area contributed by atoms with Crippen molar-refractivity contribution in [2.75, 3.05) is 5.88 Å². The Morgan fingerprint density at radius 3 is 2.73 bits per heavy atom. The van der Waals surface area contributed by atoms with Crippen LogP contribution >= 0.6 is 11.6 Å². The summed E-state index contributed by atoms with van der Waals surface area (Å²) in [5, 5.41) is 12.4. The van der Waals surface area contributed by atoms with Gasteiger partial charge in [-0.15, -0.1) is 11.6 Å². The van der Waals surface area contributed by atoms with Gasteiger partial charge in [0.1, 0.15) is 11.5 Å². The molecule has 0 radical (unpaired) electrons. The molecule has 0 spiro atoms. The first kappa shape index (κ1) is 15.5. The standard InChI is InChI=1S/C19H23ClO2/c1-11(2)22-16-7-5-6-13-15(21)8-14-17(18(13)16)12(10-20)9-19(14,3)4/h5-8,11-12,21H,9-10H2,1-4H3. The molecule has 118 valence electrons. The molecule has 3 heteroatoms. The molecule has 0 amide bonds. The number of phenols is 1. The van der Waals surface area contributed by atoms with Crippen molar-refractivity contribution in [2.45, 2.75) is 51.6 Å². The molecule has 0 aliphatic heterocycles. The summed E-state index contributed by atoms with van der Waals surface area (Å²) in [7, 11) is 0. The van der Waals surface area contributed by atoms with Crippen molar-refractivity contribution in [2.24, 2.45) is 0 Å². The predicted octanol–water partition coefficient (Wildman–Crippen LogP) is 5.34. The fourth-order valence-corrected chi connectivity index (χ4v) is 4.01. The lowest BCUT2D eigenvalue weighted by Gasteiger charge is -2.21. The van der Waals surface area contributed by atoms with Gasteiger partial charge in [-0.25, -0.2) is 0 Å². The van der Waals surface area contributed by atoms with Gasteiger partial charge in [-0.1, -0.05) is 26.0 Å². The minimum Gasteiger partial charge on any atom is -0.507 e. The van der Waals surface area contributed by atoms with Gasteiger partial charge < -0.3 is 9.84 Å². The zero-order valence-electron chi connectivity index (χ0n) is 13.6. The van der Waals surface area contributed by atoms with Crippen LogP contribution in [0.2, 0.25) is 0 Å². The largest absolute Gasteiger partial charge is 0.507 e. The van der Waals surface area contributed by atoms with Gasteiger partial charge in [-0.05, 0) is 54.9 Å². The van der Waals surface area contributed by atoms with E-state index in [4.69, 9.17) is 16.3 Å². The quantitative estimate of drug-likeness (QED) is 0.774. The third-order valence-electron chi connectivity index (χ3n) is 4.59. The third kappa shape index (κ3) is 2.34. The minimum absolute atomic E-state index is 0.0193. The number of hydrogen-bond acceptors (Lipinski definition) is 2. The first-order valence-electron chi connectivity index (χ1n) is 7.87. The van der Waals surface area contributed by atoms with Crippen LogP contribution in [0.5, 0.6) is 11.5 Å². The van der Waals surface area contributed by atoms with Gasteiger partial charge >= 0.3 is 0 Å². The number of rotatable bonds is 3. The van der Waals surface area contributed by atoms with Crippen molar-refractivity contribution < 1.29 is 9.84 Å². The van der Waals surface area contributed by atoms with Gasteiger partial charge in [0.25, 0.3) is 0 Å². The lowest BCUT2D eigenvalue weighted by atomic mass is 9.85. The highest BCUT2D eigenvalue weighted by molar-refractivity contribution is 6.18. The number of aromatic hydroxyl groups is 1. The van der Waals surface area contributed by atoms with E-state index in [2.05, 4.69) is 13.8 Å². The summed E-state index contributed by atoms with van der Waals surface area (Å²) in [4.78, 5) is 0. The van der Waals surface area contributed by atoms with Gasteiger partial charge in [-0.3, -0.25) is 0 Å². The molecule has 1 atom stereocenters. The molecular formula is C19H23ClO2. The average Bonchev–Trinajstić information content (AvgIpc) is 2.70. The lowest BCUT2D eigenvalue weighted by molar-refractivity contribution is 0.245. The van der Waals surface area contributed by atoms with E-state index in [0.717, 1.165) is 22.9 Å². The number of ether oxygens (including phenoxy) is 1. The van der Waals surface area contributed by atoms with Crippen LogP contribution in [0.1, 0.15) is 51.2 Å². The number of benzene rings is 2. The smallest absolute Gasteiger partial charge is 0.127 e. The number of hydrogen-bond donors (Lipinski definition) is 1. The van der Waals surface area contributed by atoms with Crippen LogP contribution in [0.25, 0.3) is 10.8 Å². The summed E-state index contributed by atoms with van der Waals surface area (Å²) in [6.07, 6.45) is 1.09. The Morgan fingerprint density at radius 2 is 2.09 bits per heavy atom. The van der Waals surface area contributed by atoms with Crippen LogP contribution in [0.4, 0.5) is 0 Å². The molecule has 0 saturated heterocycles. The van der Waals surface area contributed by atoms with E-state index in [1.54, 1.807) is 0 Å². The molecule has 3 rings (SSSR count). The van der Waals surface area contributed by atoms with Crippen molar-refractivity contribution in [3.63, 3.8) is 0 Å². The van der Waals surface area contributed by atoms with E-state index in [0.29, 0.717) is 17.5 Å². The summed E-state index contributed by atoms with van der Waals surface area (Å²) in [6.45, 7) is 8.47. The molecule has 0 heterocycles. The zero-order chi connectivity index (χ0) is 16.1. The Morgan fingerprint density at radius 1 is 1.36 bits per heavy atom. The Bertz CT molecular complexity index is 719. The summed E-state index contributed by atoms with van der Waals surface area (Å²) in [6, 6.07) is 7.79. The van der Waals surface area contributed by atoms with Gasteiger partial charge in [-0.2, -0.15) is 0 Å². The maximum absolute atomic E-state index is 10.5. The Kier molecular flexibility index (Phi) is 3.76. The van der Waals surface area contributed by atoms with E-state index >= 15 is 0 Å². The van der Waals surface area contributed by atoms with Gasteiger partial charge in [0, 0.05) is 16.7 Å². The molecule has 2 nitrogen and oxygen atoms in total. The maximum atomic E-state index is 10.5. The normalized spacial score (nSPS) is 19.6. The lowest BCUT2D eigenvalue weighted by Crippen LogP contribution is -2.12. The van der Waals surface area contributed by atoms with E-state index in [-0.39, 0.29) is 11.5 Å². The monoisotopic (exact) mass is 318 g/mol. The van der Waals surface area contributed by atoms with Crippen LogP contribution in [0.3, 0.4) is 0 Å². The molecule has 1 unspecified atom stereocenters. The fourth-order valence-electron chi connectivity index (χ4n) is 3.75. The summed E-state index contributed by atoms with van der Waals surface area (Å²) in [5.74, 6) is 2.05. The van der Waals surface area contributed by atoms with Crippen LogP contribution in [0.15, 0.2) is 24.3 Å². The molecule has 2 aromatic rings. The SMILES string of the molecule is CC(C)Oc1cccc2c(O)cc3c(c12)C(CCl)CC3(C)C. The maximum Gasteiger partial charge on any atom is 0.127 e. The number of alkyl halides is 1. The van der Waals surface area contributed by atoms with Crippen LogP contribution in [-0.2, 0) is 5.41 Å². The molecular weight excluding hydrogens is 296 g/mol. The second kappa shape index (κ2) is 5.34. The summed E-state index contributed by atoms with van der Waals surface area (Å²) < 4.78 is 6.01. The molecule has 1 aliphatic carbocycles. The van der Waals surface area contributed by atoms with Crippen molar-refractivity contribution in [1.82, 2.24) is 0 Å². The minimum atomic E-state index is 0.0193. The summed E-state index contributed by atoms with van der Waals surface area (Å²) >= 11 is 6.26. The number of phenolic OH excluding ortho intramolecular Hbond substituents is 1. The molecule has 0 fully saturated rings. The van der Waals surface area contributed by atoms with E-state index in [9.17, 15) is 5.11 Å². The first-order valence-corrected chi connectivity index (χ1v) is 8.40. The molecule has 0 bridgehead atoms. The molecule has 1 N–H and O–H groups in total. The van der Waals surface area contributed by atoms with Crippen LogP contribution in [0, 0.1) is 0 Å². The van der Waals surface area contributed by atoms with Crippen molar-refractivity contribution in [1.29, 1.82) is 0 Å². The van der Waals surface area contributed by atoms with Gasteiger partial charge in [0.15, 0.2) is 0 Å². The number of fused-ring (bicyclic) bond motifs is 3. The summed E-state index contributed by atoms with van der Waals surface area (Å²) in [5.41, 5.74) is 2.47. The van der Waals surface area contributed by atoms with Gasteiger partial charge in [0.2, 0.25) is 0 Å². The predicted molar refractivity (Wildman–Crippen MR) is 92.5 cm³/mol. The molecule has 22 heavy (non-hydrogen) atoms. The molecule has 2 aromatic carbocycles. The van der Waals surface area contributed by atoms with Crippen molar-refractivity contribution in [3.8, 4) is 11.5 Å². The second-order valence-electron chi connectivity index (χ2n) is 7.14. The van der Waals surface area contributed by atoms with Crippen LogP contribution in [-0.4, -0.2) is 17.1 Å². The van der Waals surface area contributed by atoms with Gasteiger partial charge in [0.05, 0.1) is 6.10 Å². The molecule has 1 aliphatic rings. The molecule has 0 aromatic heterocycles. The molecule has 0 saturated carbocycles. The van der Waals surface area contributed by atoms with Crippen LogP contribution < -0.4 is 4.74 Å². The third-order valence-corrected chi connectivity index (χ3v) is 4.96.